The van der Waals surface area contributed by atoms with Gasteiger partial charge in [0.2, 0.25) is 0 Å². The highest BCUT2D eigenvalue weighted by atomic mass is 16.5. The van der Waals surface area contributed by atoms with Crippen molar-refractivity contribution in [2.45, 2.75) is 44.0 Å². The number of likely N-dealkylation sites (N-methyl/N-ethyl adjacent to an activating group) is 1. The van der Waals surface area contributed by atoms with E-state index in [1.807, 2.05) is 24.8 Å². The Labute approximate surface area is 155 Å². The molecule has 2 fully saturated rings. The van der Waals surface area contributed by atoms with Gasteiger partial charge in [-0.05, 0) is 45.0 Å². The molecule has 0 aliphatic carbocycles. The van der Waals surface area contributed by atoms with Gasteiger partial charge < -0.3 is 9.30 Å². The van der Waals surface area contributed by atoms with Crippen LogP contribution in [0.1, 0.15) is 30.7 Å². The van der Waals surface area contributed by atoms with Gasteiger partial charge in [-0.15, -0.1) is 0 Å². The first-order chi connectivity index (χ1) is 12.6. The average molecular weight is 355 g/mol. The van der Waals surface area contributed by atoms with Crippen molar-refractivity contribution in [3.05, 3.63) is 48.3 Å². The van der Waals surface area contributed by atoms with Crippen molar-refractivity contribution in [2.75, 3.05) is 26.7 Å². The first-order valence-electron chi connectivity index (χ1n) is 9.55. The third-order valence-electron chi connectivity index (χ3n) is 5.87. The molecule has 2 aromatic rings. The van der Waals surface area contributed by atoms with Crippen LogP contribution >= 0.6 is 0 Å². The first kappa shape index (κ1) is 17.6. The van der Waals surface area contributed by atoms with Gasteiger partial charge in [-0.2, -0.15) is 0 Å². The summed E-state index contributed by atoms with van der Waals surface area (Å²) in [6.45, 7) is 4.82. The van der Waals surface area contributed by atoms with Gasteiger partial charge in [-0.1, -0.05) is 6.07 Å². The zero-order valence-electron chi connectivity index (χ0n) is 15.8. The molecule has 26 heavy (non-hydrogen) atoms. The number of hydrogen-bond donors (Lipinski definition) is 0. The van der Waals surface area contributed by atoms with Crippen LogP contribution < -0.4 is 0 Å². The smallest absolute Gasteiger partial charge is 0.0945 e. The van der Waals surface area contributed by atoms with Crippen molar-refractivity contribution in [1.29, 1.82) is 0 Å². The summed E-state index contributed by atoms with van der Waals surface area (Å²) in [7, 11) is 4.26. The SMILES string of the molecule is CN(Cc1ccccn1)[C@@H]1CO[C@@]2(CCCN(Cc3cncn3C)C2)C1. The zero-order chi connectivity index (χ0) is 18.0. The Balaban J connectivity index is 1.36. The molecule has 0 saturated carbocycles. The molecule has 2 aromatic heterocycles. The first-order valence-corrected chi connectivity index (χ1v) is 9.55. The Kier molecular flexibility index (Phi) is 5.07. The molecule has 0 bridgehead atoms. The number of likely N-dealkylation sites (tertiary alicyclic amines) is 1. The summed E-state index contributed by atoms with van der Waals surface area (Å²) >= 11 is 0. The molecule has 2 atom stereocenters. The monoisotopic (exact) mass is 355 g/mol. The second-order valence-corrected chi connectivity index (χ2v) is 7.90. The van der Waals surface area contributed by atoms with E-state index in [1.54, 1.807) is 0 Å². The van der Waals surface area contributed by atoms with E-state index in [-0.39, 0.29) is 5.60 Å². The van der Waals surface area contributed by atoms with Crippen LogP contribution in [0.4, 0.5) is 0 Å². The fraction of sp³-hybridized carbons (Fsp3) is 0.600. The van der Waals surface area contributed by atoms with Gasteiger partial charge in [0.15, 0.2) is 0 Å². The van der Waals surface area contributed by atoms with Crippen molar-refractivity contribution < 1.29 is 4.74 Å². The lowest BCUT2D eigenvalue weighted by atomic mass is 9.88. The number of aromatic nitrogens is 3. The Hall–Kier alpha value is -1.76. The van der Waals surface area contributed by atoms with E-state index in [4.69, 9.17) is 4.74 Å². The van der Waals surface area contributed by atoms with E-state index in [0.29, 0.717) is 6.04 Å². The molecule has 6 heteroatoms. The highest BCUT2D eigenvalue weighted by molar-refractivity contribution is 5.05. The van der Waals surface area contributed by atoms with Crippen molar-refractivity contribution in [3.8, 4) is 0 Å². The number of aryl methyl sites for hydroxylation is 1. The minimum absolute atomic E-state index is 0.0138. The summed E-state index contributed by atoms with van der Waals surface area (Å²) in [5, 5.41) is 0. The molecule has 0 aromatic carbocycles. The van der Waals surface area contributed by atoms with Gasteiger partial charge in [0.25, 0.3) is 0 Å². The average Bonchev–Trinajstić information content (AvgIpc) is 3.23. The van der Waals surface area contributed by atoms with Gasteiger partial charge in [-0.25, -0.2) is 4.98 Å². The third-order valence-corrected chi connectivity index (χ3v) is 5.87. The van der Waals surface area contributed by atoms with Crippen LogP contribution in [0, 0.1) is 0 Å². The standard InChI is InChI=1S/C20H29N5O/c1-23(12-17-6-3-4-8-22-17)18-10-20(26-14-18)7-5-9-25(15-20)13-19-11-21-16-24(19)2/h3-4,6,8,11,16,18H,5,7,9-10,12-15H2,1-2H3/t18-,20-/m0/s1. The fourth-order valence-electron chi connectivity index (χ4n) is 4.36. The minimum atomic E-state index is 0.0138. The summed E-state index contributed by atoms with van der Waals surface area (Å²) in [6.07, 6.45) is 9.20. The van der Waals surface area contributed by atoms with E-state index >= 15 is 0 Å². The number of imidazole rings is 1. The van der Waals surface area contributed by atoms with Crippen molar-refractivity contribution >= 4 is 0 Å². The molecule has 4 heterocycles. The van der Waals surface area contributed by atoms with Crippen LogP contribution in [-0.2, 0) is 24.9 Å². The summed E-state index contributed by atoms with van der Waals surface area (Å²) < 4.78 is 8.52. The molecular weight excluding hydrogens is 326 g/mol. The quantitative estimate of drug-likeness (QED) is 0.822. The van der Waals surface area contributed by atoms with Gasteiger partial charge in [-0.3, -0.25) is 14.8 Å². The third kappa shape index (κ3) is 3.82. The molecule has 0 unspecified atom stereocenters. The van der Waals surface area contributed by atoms with E-state index in [1.165, 1.54) is 18.5 Å². The van der Waals surface area contributed by atoms with E-state index in [2.05, 4.69) is 50.6 Å². The predicted molar refractivity (Wildman–Crippen MR) is 101 cm³/mol. The minimum Gasteiger partial charge on any atom is -0.372 e. The molecule has 2 aliphatic rings. The van der Waals surface area contributed by atoms with Crippen molar-refractivity contribution in [2.24, 2.45) is 7.05 Å². The van der Waals surface area contributed by atoms with Crippen LogP contribution in [0.15, 0.2) is 36.9 Å². The summed E-state index contributed by atoms with van der Waals surface area (Å²) in [4.78, 5) is 13.6. The van der Waals surface area contributed by atoms with Crippen LogP contribution in [0.2, 0.25) is 0 Å². The number of rotatable bonds is 5. The number of pyridine rings is 1. The van der Waals surface area contributed by atoms with Gasteiger partial charge >= 0.3 is 0 Å². The maximum Gasteiger partial charge on any atom is 0.0945 e. The summed E-state index contributed by atoms with van der Waals surface area (Å²) in [5.41, 5.74) is 2.40. The lowest BCUT2D eigenvalue weighted by Crippen LogP contribution is -2.48. The van der Waals surface area contributed by atoms with Gasteiger partial charge in [0.05, 0.1) is 29.9 Å². The molecule has 2 saturated heterocycles. The van der Waals surface area contributed by atoms with Crippen molar-refractivity contribution in [3.63, 3.8) is 0 Å². The number of ether oxygens (including phenoxy) is 1. The maximum absolute atomic E-state index is 6.41. The Bertz CT molecular complexity index is 718. The second-order valence-electron chi connectivity index (χ2n) is 7.90. The normalized spacial score (nSPS) is 26.8. The van der Waals surface area contributed by atoms with Crippen LogP contribution in [0.25, 0.3) is 0 Å². The molecule has 6 nitrogen and oxygen atoms in total. The van der Waals surface area contributed by atoms with E-state index in [0.717, 1.165) is 44.9 Å². The molecule has 0 amide bonds. The Morgan fingerprint density at radius 3 is 3.08 bits per heavy atom. The Morgan fingerprint density at radius 2 is 2.31 bits per heavy atom. The van der Waals surface area contributed by atoms with E-state index in [9.17, 15) is 0 Å². The lowest BCUT2D eigenvalue weighted by molar-refractivity contribution is -0.0540. The fourth-order valence-corrected chi connectivity index (χ4v) is 4.36. The molecule has 2 aliphatic heterocycles. The van der Waals surface area contributed by atoms with Crippen LogP contribution in [0.5, 0.6) is 0 Å². The van der Waals surface area contributed by atoms with Gasteiger partial charge in [0, 0.05) is 45.1 Å². The highest BCUT2D eigenvalue weighted by Gasteiger charge is 2.44. The maximum atomic E-state index is 6.41. The second kappa shape index (κ2) is 7.47. The number of piperidine rings is 1. The summed E-state index contributed by atoms with van der Waals surface area (Å²) in [5.74, 6) is 0. The predicted octanol–water partition coefficient (Wildman–Crippen LogP) is 2.07. The van der Waals surface area contributed by atoms with Crippen molar-refractivity contribution in [1.82, 2.24) is 24.3 Å². The highest BCUT2D eigenvalue weighted by Crippen LogP contribution is 2.36. The van der Waals surface area contributed by atoms with Crippen LogP contribution in [-0.4, -0.2) is 62.7 Å². The van der Waals surface area contributed by atoms with Gasteiger partial charge in [0.1, 0.15) is 0 Å². The Morgan fingerprint density at radius 1 is 1.38 bits per heavy atom. The number of nitrogens with zero attached hydrogens (tertiary/aromatic N) is 5. The van der Waals surface area contributed by atoms with E-state index < -0.39 is 0 Å². The molecule has 1 spiro atoms. The number of hydrogen-bond acceptors (Lipinski definition) is 5. The molecule has 140 valence electrons. The molecule has 4 rings (SSSR count). The molecule has 0 N–H and O–H groups in total. The molecule has 0 radical (unpaired) electrons. The largest absolute Gasteiger partial charge is 0.372 e. The summed E-state index contributed by atoms with van der Waals surface area (Å²) in [6, 6.07) is 6.59. The topological polar surface area (TPSA) is 46.4 Å². The van der Waals surface area contributed by atoms with Crippen LogP contribution in [0.3, 0.4) is 0 Å². The lowest BCUT2D eigenvalue weighted by Gasteiger charge is -2.40. The molecular formula is C20H29N5O. The zero-order valence-corrected chi connectivity index (χ0v) is 15.8.